The van der Waals surface area contributed by atoms with Crippen LogP contribution in [0.4, 0.5) is 5.69 Å². The van der Waals surface area contributed by atoms with E-state index < -0.39 is 10.0 Å². The molecule has 1 amide bonds. The fraction of sp³-hybridized carbons (Fsp3) is 0.632. The molecule has 1 saturated carbocycles. The van der Waals surface area contributed by atoms with Gasteiger partial charge in [0, 0.05) is 19.0 Å². The summed E-state index contributed by atoms with van der Waals surface area (Å²) in [6.07, 6.45) is 8.74. The summed E-state index contributed by atoms with van der Waals surface area (Å²) in [5.41, 5.74) is 0.465. The van der Waals surface area contributed by atoms with Gasteiger partial charge in [0.25, 0.3) is 0 Å². The Balaban J connectivity index is 1.93. The number of methoxy groups -OCH3 is 1. The van der Waals surface area contributed by atoms with Crippen molar-refractivity contribution in [2.24, 2.45) is 0 Å². The molecular formula is C19H29ClN2O4S. The lowest BCUT2D eigenvalue weighted by Crippen LogP contribution is -2.35. The van der Waals surface area contributed by atoms with E-state index in [0.717, 1.165) is 31.9 Å². The van der Waals surface area contributed by atoms with Crippen LogP contribution in [0.5, 0.6) is 5.75 Å². The molecule has 0 spiro atoms. The second-order valence-corrected chi connectivity index (χ2v) is 9.33. The van der Waals surface area contributed by atoms with Gasteiger partial charge in [-0.05, 0) is 37.5 Å². The van der Waals surface area contributed by atoms with Crippen LogP contribution in [0.1, 0.15) is 51.4 Å². The minimum atomic E-state index is -3.48. The molecule has 0 unspecified atom stereocenters. The lowest BCUT2D eigenvalue weighted by molar-refractivity contribution is -0.121. The van der Waals surface area contributed by atoms with Crippen LogP contribution in [-0.2, 0) is 14.8 Å². The predicted molar refractivity (Wildman–Crippen MR) is 109 cm³/mol. The monoisotopic (exact) mass is 416 g/mol. The van der Waals surface area contributed by atoms with Gasteiger partial charge in [0.05, 0.1) is 24.1 Å². The Morgan fingerprint density at radius 1 is 1.26 bits per heavy atom. The molecule has 1 aliphatic carbocycles. The minimum absolute atomic E-state index is 0.0110. The van der Waals surface area contributed by atoms with E-state index in [0.29, 0.717) is 29.3 Å². The molecule has 1 N–H and O–H groups in total. The first-order valence-corrected chi connectivity index (χ1v) is 11.6. The number of sulfonamides is 1. The molecule has 0 bridgehead atoms. The quantitative estimate of drug-likeness (QED) is 0.655. The molecule has 0 heterocycles. The van der Waals surface area contributed by atoms with Crippen LogP contribution in [0, 0.1) is 0 Å². The van der Waals surface area contributed by atoms with Crippen LogP contribution >= 0.6 is 11.6 Å². The number of rotatable bonds is 8. The zero-order chi connectivity index (χ0) is 19.9. The standard InChI is InChI=1S/C19H29ClN2O4S/c1-26-18-12-11-16(14-17(18)20)22(27(2,24)25)13-7-10-19(23)21-15-8-5-3-4-6-9-15/h11-12,14-15H,3-10,13H2,1-2H3,(H,21,23). The van der Waals surface area contributed by atoms with Gasteiger partial charge in [0.1, 0.15) is 5.75 Å². The highest BCUT2D eigenvalue weighted by atomic mass is 35.5. The van der Waals surface area contributed by atoms with Crippen LogP contribution in [-0.4, -0.2) is 40.3 Å². The van der Waals surface area contributed by atoms with Crippen molar-refractivity contribution in [3.05, 3.63) is 23.2 Å². The highest BCUT2D eigenvalue weighted by Gasteiger charge is 2.20. The Bertz CT molecular complexity index is 731. The van der Waals surface area contributed by atoms with Crippen LogP contribution in [0.25, 0.3) is 0 Å². The van der Waals surface area contributed by atoms with Crippen LogP contribution in [0.15, 0.2) is 18.2 Å². The van der Waals surface area contributed by atoms with Crippen molar-refractivity contribution in [1.82, 2.24) is 5.32 Å². The van der Waals surface area contributed by atoms with E-state index in [2.05, 4.69) is 5.32 Å². The van der Waals surface area contributed by atoms with Gasteiger partial charge in [-0.2, -0.15) is 0 Å². The molecule has 0 aromatic heterocycles. The number of nitrogens with one attached hydrogen (secondary N) is 1. The molecule has 1 fully saturated rings. The van der Waals surface area contributed by atoms with Gasteiger partial charge in [0.15, 0.2) is 0 Å². The Labute approximate surface area is 167 Å². The number of benzene rings is 1. The summed E-state index contributed by atoms with van der Waals surface area (Å²) in [6, 6.07) is 5.10. The first-order valence-electron chi connectivity index (χ1n) is 9.42. The summed E-state index contributed by atoms with van der Waals surface area (Å²) in [5.74, 6) is 0.472. The average molecular weight is 417 g/mol. The Morgan fingerprint density at radius 2 is 1.93 bits per heavy atom. The van der Waals surface area contributed by atoms with E-state index >= 15 is 0 Å². The molecule has 8 heteroatoms. The summed E-state index contributed by atoms with van der Waals surface area (Å²) in [6.45, 7) is 0.222. The zero-order valence-corrected chi connectivity index (χ0v) is 17.6. The van der Waals surface area contributed by atoms with Crippen molar-refractivity contribution in [2.75, 3.05) is 24.2 Å². The third-order valence-electron chi connectivity index (χ3n) is 4.81. The van der Waals surface area contributed by atoms with Gasteiger partial charge in [-0.3, -0.25) is 9.10 Å². The molecule has 0 aliphatic heterocycles. The highest BCUT2D eigenvalue weighted by molar-refractivity contribution is 7.92. The van der Waals surface area contributed by atoms with Crippen LogP contribution in [0.2, 0.25) is 5.02 Å². The number of halogens is 1. The maximum atomic E-state index is 12.2. The summed E-state index contributed by atoms with van der Waals surface area (Å²) in [4.78, 5) is 12.2. The highest BCUT2D eigenvalue weighted by Crippen LogP contribution is 2.30. The number of carbonyl (C=O) groups excluding carboxylic acids is 1. The lowest BCUT2D eigenvalue weighted by atomic mass is 10.1. The van der Waals surface area contributed by atoms with Crippen LogP contribution in [0.3, 0.4) is 0 Å². The van der Waals surface area contributed by atoms with E-state index in [1.165, 1.54) is 24.3 Å². The van der Waals surface area contributed by atoms with Gasteiger partial charge in [-0.1, -0.05) is 37.3 Å². The minimum Gasteiger partial charge on any atom is -0.495 e. The Morgan fingerprint density at radius 3 is 2.48 bits per heavy atom. The third kappa shape index (κ3) is 6.88. The number of nitrogens with zero attached hydrogens (tertiary/aromatic N) is 1. The van der Waals surface area contributed by atoms with Crippen molar-refractivity contribution in [2.45, 2.75) is 57.4 Å². The molecule has 152 valence electrons. The van der Waals surface area contributed by atoms with E-state index in [1.54, 1.807) is 18.2 Å². The maximum absolute atomic E-state index is 12.2. The number of anilines is 1. The van der Waals surface area contributed by atoms with Gasteiger partial charge < -0.3 is 10.1 Å². The lowest BCUT2D eigenvalue weighted by Gasteiger charge is -2.23. The first kappa shape index (κ1) is 21.8. The van der Waals surface area contributed by atoms with Crippen molar-refractivity contribution in [3.8, 4) is 5.75 Å². The molecule has 6 nitrogen and oxygen atoms in total. The van der Waals surface area contributed by atoms with Gasteiger partial charge >= 0.3 is 0 Å². The molecule has 1 aromatic carbocycles. The number of hydrogen-bond acceptors (Lipinski definition) is 4. The topological polar surface area (TPSA) is 75.7 Å². The average Bonchev–Trinajstić information content (AvgIpc) is 2.86. The largest absolute Gasteiger partial charge is 0.495 e. The van der Waals surface area contributed by atoms with E-state index in [-0.39, 0.29) is 18.5 Å². The Kier molecular flexibility index (Phi) is 8.23. The van der Waals surface area contributed by atoms with Crippen molar-refractivity contribution in [1.29, 1.82) is 0 Å². The number of ether oxygens (including phenoxy) is 1. The molecule has 0 radical (unpaired) electrons. The normalized spacial score (nSPS) is 15.8. The predicted octanol–water partition coefficient (Wildman–Crippen LogP) is 3.73. The first-order chi connectivity index (χ1) is 12.8. The molecule has 1 aliphatic rings. The summed E-state index contributed by atoms with van der Waals surface area (Å²) in [5, 5.41) is 3.43. The van der Waals surface area contributed by atoms with E-state index in [4.69, 9.17) is 16.3 Å². The molecule has 1 aromatic rings. The smallest absolute Gasteiger partial charge is 0.232 e. The van der Waals surface area contributed by atoms with Gasteiger partial charge in [0.2, 0.25) is 15.9 Å². The van der Waals surface area contributed by atoms with E-state index in [1.807, 2.05) is 0 Å². The molecule has 0 saturated heterocycles. The summed E-state index contributed by atoms with van der Waals surface area (Å²) >= 11 is 6.12. The van der Waals surface area contributed by atoms with Crippen LogP contribution < -0.4 is 14.4 Å². The second kappa shape index (κ2) is 10.2. The molecule has 27 heavy (non-hydrogen) atoms. The Hall–Kier alpha value is -1.47. The zero-order valence-electron chi connectivity index (χ0n) is 16.0. The van der Waals surface area contributed by atoms with Gasteiger partial charge in [-0.15, -0.1) is 0 Å². The second-order valence-electron chi connectivity index (χ2n) is 7.01. The van der Waals surface area contributed by atoms with Crippen molar-refractivity contribution in [3.63, 3.8) is 0 Å². The number of carbonyl (C=O) groups is 1. The van der Waals surface area contributed by atoms with E-state index in [9.17, 15) is 13.2 Å². The third-order valence-corrected chi connectivity index (χ3v) is 6.30. The SMILES string of the molecule is COc1ccc(N(CCCC(=O)NC2CCCCCC2)S(C)(=O)=O)cc1Cl. The molecule has 0 atom stereocenters. The summed E-state index contributed by atoms with van der Waals surface area (Å²) < 4.78 is 30.7. The number of amides is 1. The van der Waals surface area contributed by atoms with Crippen molar-refractivity contribution >= 4 is 33.2 Å². The fourth-order valence-electron chi connectivity index (χ4n) is 3.40. The fourth-order valence-corrected chi connectivity index (χ4v) is 4.61. The molecule has 2 rings (SSSR count). The molecular weight excluding hydrogens is 388 g/mol. The maximum Gasteiger partial charge on any atom is 0.232 e. The van der Waals surface area contributed by atoms with Gasteiger partial charge in [-0.25, -0.2) is 8.42 Å². The van der Waals surface area contributed by atoms with Crippen molar-refractivity contribution < 1.29 is 17.9 Å². The number of hydrogen-bond donors (Lipinski definition) is 1. The summed E-state index contributed by atoms with van der Waals surface area (Å²) in [7, 11) is -1.98.